The van der Waals surface area contributed by atoms with E-state index >= 15 is 0 Å². The van der Waals surface area contributed by atoms with Crippen molar-refractivity contribution in [3.63, 3.8) is 0 Å². The van der Waals surface area contributed by atoms with Crippen molar-refractivity contribution in [3.8, 4) is 0 Å². The van der Waals surface area contributed by atoms with Gasteiger partial charge in [-0.25, -0.2) is 4.98 Å². The summed E-state index contributed by atoms with van der Waals surface area (Å²) in [5, 5.41) is 0. The van der Waals surface area contributed by atoms with Gasteiger partial charge in [0.2, 0.25) is 5.91 Å². The first-order valence-corrected chi connectivity index (χ1v) is 12.8. The molecule has 0 bridgehead atoms. The number of aromatic nitrogens is 2. The minimum absolute atomic E-state index is 0.0953. The van der Waals surface area contributed by atoms with E-state index in [-0.39, 0.29) is 5.92 Å². The van der Waals surface area contributed by atoms with Crippen molar-refractivity contribution < 1.29 is 4.79 Å². The monoisotopic (exact) mass is 459 g/mol. The highest BCUT2D eigenvalue weighted by Crippen LogP contribution is 2.29. The van der Waals surface area contributed by atoms with Crippen LogP contribution >= 0.6 is 0 Å². The van der Waals surface area contributed by atoms with Gasteiger partial charge >= 0.3 is 0 Å². The SMILES string of the molecule is CC(C)c1ccccc1N1CCN(C(=O)[C@@H]2CCCN(Cc3nc4ccccc4n3C)C2)CC1. The summed E-state index contributed by atoms with van der Waals surface area (Å²) >= 11 is 0. The number of anilines is 1. The minimum Gasteiger partial charge on any atom is -0.368 e. The lowest BCUT2D eigenvalue weighted by Crippen LogP contribution is -2.52. The van der Waals surface area contributed by atoms with Crippen LogP contribution in [0.2, 0.25) is 0 Å². The Balaban J connectivity index is 1.20. The third-order valence-electron chi connectivity index (χ3n) is 7.59. The number of fused-ring (bicyclic) bond motifs is 1. The zero-order chi connectivity index (χ0) is 23.7. The lowest BCUT2D eigenvalue weighted by Gasteiger charge is -2.40. The van der Waals surface area contributed by atoms with Gasteiger partial charge in [0, 0.05) is 45.5 Å². The molecule has 5 rings (SSSR count). The molecule has 2 saturated heterocycles. The third-order valence-corrected chi connectivity index (χ3v) is 7.59. The third kappa shape index (κ3) is 4.56. The average molecular weight is 460 g/mol. The van der Waals surface area contributed by atoms with Gasteiger partial charge in [0.05, 0.1) is 23.5 Å². The molecule has 1 amide bonds. The highest BCUT2D eigenvalue weighted by Gasteiger charge is 2.32. The van der Waals surface area contributed by atoms with Crippen molar-refractivity contribution >= 4 is 22.6 Å². The highest BCUT2D eigenvalue weighted by molar-refractivity contribution is 5.79. The molecule has 3 aromatic rings. The summed E-state index contributed by atoms with van der Waals surface area (Å²) < 4.78 is 2.19. The first kappa shape index (κ1) is 22.9. The fourth-order valence-corrected chi connectivity index (χ4v) is 5.63. The van der Waals surface area contributed by atoms with Crippen molar-refractivity contribution in [1.82, 2.24) is 19.4 Å². The Hall–Kier alpha value is -2.86. The van der Waals surface area contributed by atoms with E-state index in [1.54, 1.807) is 0 Å². The number of carbonyl (C=O) groups is 1. The van der Waals surface area contributed by atoms with Crippen LogP contribution in [0.15, 0.2) is 48.5 Å². The summed E-state index contributed by atoms with van der Waals surface area (Å²) in [6.45, 7) is 10.6. The van der Waals surface area contributed by atoms with Crippen molar-refractivity contribution in [3.05, 3.63) is 59.9 Å². The molecule has 0 unspecified atom stereocenters. The predicted octanol–water partition coefficient (Wildman–Crippen LogP) is 4.26. The summed E-state index contributed by atoms with van der Waals surface area (Å²) in [5.74, 6) is 2.01. The fraction of sp³-hybridized carbons (Fsp3) is 0.500. The van der Waals surface area contributed by atoms with E-state index in [9.17, 15) is 4.79 Å². The number of hydrogen-bond acceptors (Lipinski definition) is 4. The molecular weight excluding hydrogens is 422 g/mol. The number of benzene rings is 2. The molecule has 2 fully saturated rings. The first-order valence-electron chi connectivity index (χ1n) is 12.8. The number of piperidine rings is 1. The van der Waals surface area contributed by atoms with Crippen molar-refractivity contribution in [2.75, 3.05) is 44.2 Å². The number of rotatable bonds is 5. The number of likely N-dealkylation sites (tertiary alicyclic amines) is 1. The molecule has 180 valence electrons. The lowest BCUT2D eigenvalue weighted by atomic mass is 9.96. The second kappa shape index (κ2) is 9.79. The van der Waals surface area contributed by atoms with Gasteiger partial charge in [0.25, 0.3) is 0 Å². The zero-order valence-electron chi connectivity index (χ0n) is 20.8. The zero-order valence-corrected chi connectivity index (χ0v) is 20.8. The van der Waals surface area contributed by atoms with E-state index < -0.39 is 0 Å². The van der Waals surface area contributed by atoms with Gasteiger partial charge in [-0.15, -0.1) is 0 Å². The van der Waals surface area contributed by atoms with E-state index in [4.69, 9.17) is 4.98 Å². The molecule has 34 heavy (non-hydrogen) atoms. The molecule has 1 atom stereocenters. The molecule has 6 nitrogen and oxygen atoms in total. The van der Waals surface area contributed by atoms with E-state index in [2.05, 4.69) is 82.6 Å². The molecule has 3 heterocycles. The molecule has 0 radical (unpaired) electrons. The van der Waals surface area contributed by atoms with E-state index in [1.807, 2.05) is 6.07 Å². The smallest absolute Gasteiger partial charge is 0.227 e. The van der Waals surface area contributed by atoms with Crippen LogP contribution < -0.4 is 4.90 Å². The Kier molecular flexibility index (Phi) is 6.59. The van der Waals surface area contributed by atoms with Gasteiger partial charge in [-0.3, -0.25) is 9.69 Å². The number of para-hydroxylation sites is 3. The minimum atomic E-state index is 0.0953. The summed E-state index contributed by atoms with van der Waals surface area (Å²) in [4.78, 5) is 25.3. The van der Waals surface area contributed by atoms with Crippen LogP contribution in [0.1, 0.15) is 44.0 Å². The maximum absolute atomic E-state index is 13.4. The average Bonchev–Trinajstić information content (AvgIpc) is 3.19. The molecule has 2 aliphatic rings. The van der Waals surface area contributed by atoms with Gasteiger partial charge in [-0.1, -0.05) is 44.2 Å². The van der Waals surface area contributed by atoms with Crippen molar-refractivity contribution in [1.29, 1.82) is 0 Å². The Morgan fingerprint density at radius 3 is 2.50 bits per heavy atom. The van der Waals surface area contributed by atoms with Crippen LogP contribution in [0.5, 0.6) is 0 Å². The molecule has 2 aromatic carbocycles. The standard InChI is InChI=1S/C28H37N5O/c1-21(2)23-10-4-6-12-25(23)32-15-17-33(18-16-32)28(34)22-9-8-14-31(19-22)20-27-29-24-11-5-7-13-26(24)30(27)3/h4-7,10-13,21-22H,8-9,14-20H2,1-3H3/t22-/m1/s1. The van der Waals surface area contributed by atoms with Crippen LogP contribution in [0.4, 0.5) is 5.69 Å². The Morgan fingerprint density at radius 2 is 1.74 bits per heavy atom. The van der Waals surface area contributed by atoms with Crippen LogP contribution in [-0.4, -0.2) is 64.5 Å². The quantitative estimate of drug-likeness (QED) is 0.572. The Bertz CT molecular complexity index is 1140. The number of aryl methyl sites for hydroxylation is 1. The van der Waals surface area contributed by atoms with E-state index in [0.29, 0.717) is 11.8 Å². The predicted molar refractivity (Wildman–Crippen MR) is 138 cm³/mol. The van der Waals surface area contributed by atoms with Gasteiger partial charge < -0.3 is 14.4 Å². The van der Waals surface area contributed by atoms with Gasteiger partial charge in [0.1, 0.15) is 5.82 Å². The second-order valence-corrected chi connectivity index (χ2v) is 10.2. The number of piperazine rings is 1. The first-order chi connectivity index (χ1) is 16.5. The normalized spacial score (nSPS) is 19.8. The molecule has 1 aromatic heterocycles. The number of hydrogen-bond donors (Lipinski definition) is 0. The maximum atomic E-state index is 13.4. The maximum Gasteiger partial charge on any atom is 0.227 e. The summed E-state index contributed by atoms with van der Waals surface area (Å²) in [5.41, 5.74) is 4.93. The second-order valence-electron chi connectivity index (χ2n) is 10.2. The van der Waals surface area contributed by atoms with Gasteiger partial charge in [0.15, 0.2) is 0 Å². The van der Waals surface area contributed by atoms with Gasteiger partial charge in [-0.05, 0) is 49.1 Å². The lowest BCUT2D eigenvalue weighted by molar-refractivity contribution is -0.137. The fourth-order valence-electron chi connectivity index (χ4n) is 5.63. The number of nitrogens with zero attached hydrogens (tertiary/aromatic N) is 5. The summed E-state index contributed by atoms with van der Waals surface area (Å²) in [6, 6.07) is 17.0. The van der Waals surface area contributed by atoms with Crippen LogP contribution in [-0.2, 0) is 18.4 Å². The summed E-state index contributed by atoms with van der Waals surface area (Å²) in [6.07, 6.45) is 2.07. The Labute approximate surface area is 203 Å². The number of amides is 1. The molecule has 0 spiro atoms. The molecule has 2 aliphatic heterocycles. The molecule has 0 aliphatic carbocycles. The van der Waals surface area contributed by atoms with Crippen molar-refractivity contribution in [2.45, 2.75) is 39.2 Å². The van der Waals surface area contributed by atoms with E-state index in [1.165, 1.54) is 16.8 Å². The number of carbonyl (C=O) groups excluding carboxylic acids is 1. The number of imidazole rings is 1. The van der Waals surface area contributed by atoms with Gasteiger partial charge in [-0.2, -0.15) is 0 Å². The van der Waals surface area contributed by atoms with Crippen LogP contribution in [0.25, 0.3) is 11.0 Å². The van der Waals surface area contributed by atoms with Crippen LogP contribution in [0, 0.1) is 5.92 Å². The van der Waals surface area contributed by atoms with Crippen molar-refractivity contribution in [2.24, 2.45) is 13.0 Å². The largest absolute Gasteiger partial charge is 0.368 e. The highest BCUT2D eigenvalue weighted by atomic mass is 16.2. The molecule has 6 heteroatoms. The molecule has 0 N–H and O–H groups in total. The summed E-state index contributed by atoms with van der Waals surface area (Å²) in [7, 11) is 2.09. The Morgan fingerprint density at radius 1 is 1.00 bits per heavy atom. The van der Waals surface area contributed by atoms with Crippen LogP contribution in [0.3, 0.4) is 0 Å². The topological polar surface area (TPSA) is 44.6 Å². The molecule has 0 saturated carbocycles. The van der Waals surface area contributed by atoms with E-state index in [0.717, 1.165) is 70.0 Å². The molecular formula is C28H37N5O.